The lowest BCUT2D eigenvalue weighted by molar-refractivity contribution is 0.321. The molecule has 0 aliphatic heterocycles. The van der Waals surface area contributed by atoms with Crippen molar-refractivity contribution in [2.24, 2.45) is 0 Å². The molecule has 0 atom stereocenters. The highest BCUT2D eigenvalue weighted by molar-refractivity contribution is 5.89. The van der Waals surface area contributed by atoms with E-state index in [1.54, 1.807) is 0 Å². The van der Waals surface area contributed by atoms with Gasteiger partial charge < -0.3 is 14.0 Å². The Kier molecular flexibility index (Phi) is 3.80. The van der Waals surface area contributed by atoms with E-state index in [0.717, 1.165) is 23.6 Å². The van der Waals surface area contributed by atoms with Crippen molar-refractivity contribution in [2.45, 2.75) is 34.2 Å². The smallest absolute Gasteiger partial charge is 0.150 e. The minimum absolute atomic E-state index is 0.667. The SMILES string of the molecule is CCOc1cc2ccn(CC)c2c(OCC)c1C. The molecule has 98 valence electrons. The Morgan fingerprint density at radius 2 is 1.83 bits per heavy atom. The van der Waals surface area contributed by atoms with Crippen molar-refractivity contribution < 1.29 is 9.47 Å². The summed E-state index contributed by atoms with van der Waals surface area (Å²) in [5.74, 6) is 1.87. The van der Waals surface area contributed by atoms with E-state index >= 15 is 0 Å². The fourth-order valence-corrected chi connectivity index (χ4v) is 2.30. The summed E-state index contributed by atoms with van der Waals surface area (Å²) in [5.41, 5.74) is 2.25. The first kappa shape index (κ1) is 12.8. The molecule has 2 aromatic rings. The van der Waals surface area contributed by atoms with E-state index in [-0.39, 0.29) is 0 Å². The van der Waals surface area contributed by atoms with Crippen LogP contribution in [-0.2, 0) is 6.54 Å². The summed E-state index contributed by atoms with van der Waals surface area (Å²) in [7, 11) is 0. The lowest BCUT2D eigenvalue weighted by Crippen LogP contribution is -2.02. The van der Waals surface area contributed by atoms with Gasteiger partial charge in [0.1, 0.15) is 11.5 Å². The van der Waals surface area contributed by atoms with Crippen molar-refractivity contribution >= 4 is 10.9 Å². The molecule has 1 aromatic carbocycles. The number of fused-ring (bicyclic) bond motifs is 1. The van der Waals surface area contributed by atoms with E-state index in [0.29, 0.717) is 13.2 Å². The van der Waals surface area contributed by atoms with Gasteiger partial charge in [0.05, 0.1) is 18.7 Å². The molecule has 3 nitrogen and oxygen atoms in total. The first-order valence-electron chi connectivity index (χ1n) is 6.60. The maximum Gasteiger partial charge on any atom is 0.150 e. The van der Waals surface area contributed by atoms with Gasteiger partial charge in [0.2, 0.25) is 0 Å². The fourth-order valence-electron chi connectivity index (χ4n) is 2.30. The standard InChI is InChI=1S/C15H21NO2/c1-5-16-9-8-12-10-13(17-6-2)11(4)15(14(12)16)18-7-3/h8-10H,5-7H2,1-4H3. The summed E-state index contributed by atoms with van der Waals surface area (Å²) >= 11 is 0. The molecule has 3 heteroatoms. The molecule has 0 saturated heterocycles. The first-order valence-corrected chi connectivity index (χ1v) is 6.60. The number of aryl methyl sites for hydroxylation is 1. The van der Waals surface area contributed by atoms with E-state index < -0.39 is 0 Å². The maximum absolute atomic E-state index is 5.84. The largest absolute Gasteiger partial charge is 0.493 e. The van der Waals surface area contributed by atoms with Crippen molar-refractivity contribution in [1.82, 2.24) is 4.57 Å². The molecule has 0 saturated carbocycles. The summed E-state index contributed by atoms with van der Waals surface area (Å²) in [6, 6.07) is 4.21. The highest BCUT2D eigenvalue weighted by Gasteiger charge is 2.15. The monoisotopic (exact) mass is 247 g/mol. The molecule has 0 aliphatic carbocycles. The van der Waals surface area contributed by atoms with Gasteiger partial charge in [0.15, 0.2) is 0 Å². The second kappa shape index (κ2) is 5.34. The van der Waals surface area contributed by atoms with E-state index in [4.69, 9.17) is 9.47 Å². The third-order valence-electron chi connectivity index (χ3n) is 3.14. The van der Waals surface area contributed by atoms with E-state index in [1.165, 1.54) is 10.9 Å². The number of rotatable bonds is 5. The van der Waals surface area contributed by atoms with Gasteiger partial charge in [-0.3, -0.25) is 0 Å². The Balaban J connectivity index is 2.68. The summed E-state index contributed by atoms with van der Waals surface area (Å²) in [4.78, 5) is 0. The second-order valence-corrected chi connectivity index (χ2v) is 4.23. The van der Waals surface area contributed by atoms with Crippen LogP contribution >= 0.6 is 0 Å². The molecule has 0 amide bonds. The molecule has 0 aliphatic rings. The molecule has 0 fully saturated rings. The molecule has 18 heavy (non-hydrogen) atoms. The van der Waals surface area contributed by atoms with Crippen LogP contribution < -0.4 is 9.47 Å². The lowest BCUT2D eigenvalue weighted by Gasteiger charge is -2.15. The third-order valence-corrected chi connectivity index (χ3v) is 3.14. The van der Waals surface area contributed by atoms with Gasteiger partial charge in [-0.2, -0.15) is 0 Å². The predicted octanol–water partition coefficient (Wildman–Crippen LogP) is 3.77. The van der Waals surface area contributed by atoms with Crippen molar-refractivity contribution in [3.05, 3.63) is 23.9 Å². The maximum atomic E-state index is 5.84. The zero-order valence-corrected chi connectivity index (χ0v) is 11.6. The normalized spacial score (nSPS) is 10.9. The number of ether oxygens (including phenoxy) is 2. The van der Waals surface area contributed by atoms with Crippen molar-refractivity contribution in [3.8, 4) is 11.5 Å². The van der Waals surface area contributed by atoms with Gasteiger partial charge in [-0.25, -0.2) is 0 Å². The summed E-state index contributed by atoms with van der Waals surface area (Å²) in [6.07, 6.45) is 2.10. The number of aromatic nitrogens is 1. The molecule has 0 N–H and O–H groups in total. The highest BCUT2D eigenvalue weighted by atomic mass is 16.5. The van der Waals surface area contributed by atoms with Crippen molar-refractivity contribution in [1.29, 1.82) is 0 Å². The van der Waals surface area contributed by atoms with Crippen LogP contribution in [0.4, 0.5) is 0 Å². The Bertz CT molecular complexity index is 543. The zero-order chi connectivity index (χ0) is 13.1. The number of hydrogen-bond acceptors (Lipinski definition) is 2. The quantitative estimate of drug-likeness (QED) is 0.803. The van der Waals surface area contributed by atoms with E-state index in [9.17, 15) is 0 Å². The Morgan fingerprint density at radius 3 is 2.44 bits per heavy atom. The van der Waals surface area contributed by atoms with Crippen LogP contribution in [-0.4, -0.2) is 17.8 Å². The van der Waals surface area contributed by atoms with Crippen molar-refractivity contribution in [3.63, 3.8) is 0 Å². The fraction of sp³-hybridized carbons (Fsp3) is 0.467. The highest BCUT2D eigenvalue weighted by Crippen LogP contribution is 2.37. The van der Waals surface area contributed by atoms with Crippen molar-refractivity contribution in [2.75, 3.05) is 13.2 Å². The van der Waals surface area contributed by atoms with Gasteiger partial charge in [0.25, 0.3) is 0 Å². The summed E-state index contributed by atoms with van der Waals surface area (Å²) in [5, 5.41) is 1.18. The molecule has 0 unspecified atom stereocenters. The van der Waals surface area contributed by atoms with Crippen LogP contribution in [0.2, 0.25) is 0 Å². The van der Waals surface area contributed by atoms with Gasteiger partial charge in [-0.05, 0) is 39.8 Å². The minimum atomic E-state index is 0.667. The number of benzene rings is 1. The van der Waals surface area contributed by atoms with Crippen LogP contribution in [0, 0.1) is 6.92 Å². The molecule has 1 heterocycles. The first-order chi connectivity index (χ1) is 8.72. The minimum Gasteiger partial charge on any atom is -0.493 e. The van der Waals surface area contributed by atoms with Gasteiger partial charge in [0, 0.05) is 23.7 Å². The summed E-state index contributed by atoms with van der Waals surface area (Å²) in [6.45, 7) is 10.5. The molecule has 0 radical (unpaired) electrons. The van der Waals surface area contributed by atoms with Crippen LogP contribution in [0.1, 0.15) is 26.3 Å². The molecule has 0 spiro atoms. The van der Waals surface area contributed by atoms with E-state index in [2.05, 4.69) is 36.7 Å². The molecular formula is C15H21NO2. The van der Waals surface area contributed by atoms with Crippen LogP contribution in [0.25, 0.3) is 10.9 Å². The van der Waals surface area contributed by atoms with Crippen LogP contribution in [0.15, 0.2) is 18.3 Å². The molecule has 2 rings (SSSR count). The average molecular weight is 247 g/mol. The van der Waals surface area contributed by atoms with Gasteiger partial charge in [-0.15, -0.1) is 0 Å². The van der Waals surface area contributed by atoms with Crippen LogP contribution in [0.3, 0.4) is 0 Å². The topological polar surface area (TPSA) is 23.4 Å². The molecule has 0 bridgehead atoms. The molecular weight excluding hydrogens is 226 g/mol. The number of hydrogen-bond donors (Lipinski definition) is 0. The average Bonchev–Trinajstić information content (AvgIpc) is 2.77. The Labute approximate surface area is 108 Å². The molecule has 1 aromatic heterocycles. The predicted molar refractivity (Wildman–Crippen MR) is 74.7 cm³/mol. The van der Waals surface area contributed by atoms with Gasteiger partial charge in [-0.1, -0.05) is 0 Å². The Morgan fingerprint density at radius 1 is 1.11 bits per heavy atom. The second-order valence-electron chi connectivity index (χ2n) is 4.23. The lowest BCUT2D eigenvalue weighted by atomic mass is 10.1. The summed E-state index contributed by atoms with van der Waals surface area (Å²) < 4.78 is 13.7. The van der Waals surface area contributed by atoms with Gasteiger partial charge >= 0.3 is 0 Å². The number of nitrogens with zero attached hydrogens (tertiary/aromatic N) is 1. The Hall–Kier alpha value is -1.64. The zero-order valence-electron chi connectivity index (χ0n) is 11.6. The van der Waals surface area contributed by atoms with Crippen LogP contribution in [0.5, 0.6) is 11.5 Å². The van der Waals surface area contributed by atoms with E-state index in [1.807, 2.05) is 13.8 Å². The third kappa shape index (κ3) is 2.05.